The molecule has 24 heteroatoms. The van der Waals surface area contributed by atoms with Crippen LogP contribution in [0.1, 0.15) is 627 Å². The number of carbonyl (C=O) groups is 8. The Balaban J connectivity index is -0.000000941. The number of hydrogen-bond donors (Lipinski definition) is 0. The van der Waals surface area contributed by atoms with Gasteiger partial charge in [0.1, 0.15) is 0 Å². The lowest BCUT2D eigenvalue weighted by atomic mass is 10.1. The maximum atomic E-state index is 12.0. The summed E-state index contributed by atoms with van der Waals surface area (Å²) in [6.07, 6.45) is 110. The molecule has 0 atom stereocenters. The Morgan fingerprint density at radius 3 is 0.336 bits per heavy atom. The number of rotatable bonds is 120. The van der Waals surface area contributed by atoms with Crippen LogP contribution in [0.25, 0.3) is 0 Å². The van der Waals surface area contributed by atoms with Crippen molar-refractivity contribution in [3.8, 4) is 0 Å². The average Bonchev–Trinajstić information content (AvgIpc) is 0.965. The van der Waals surface area contributed by atoms with E-state index in [2.05, 4.69) is 55.4 Å². The van der Waals surface area contributed by atoms with E-state index in [1.165, 1.54) is 514 Å². The van der Waals surface area contributed by atoms with Gasteiger partial charge < -0.3 is 37.9 Å². The monoisotopic (exact) mass is 2260 g/mol. The van der Waals surface area contributed by atoms with Crippen LogP contribution in [-0.4, -0.2) is 166 Å². The molecule has 0 radical (unpaired) electrons. The van der Waals surface area contributed by atoms with Crippen molar-refractivity contribution in [3.05, 3.63) is 0 Å². The molecule has 0 fully saturated rings. The molecule has 0 saturated heterocycles. The Bertz CT molecular complexity index is 2300. The first-order valence-electron chi connectivity index (χ1n) is 63.2. The Kier molecular flexibility index (Phi) is 145. The summed E-state index contributed by atoms with van der Waals surface area (Å²) in [7, 11) is 0. The zero-order valence-corrected chi connectivity index (χ0v) is 106. The van der Waals surface area contributed by atoms with Crippen LogP contribution in [-0.2, 0) is 76.3 Å². The fourth-order valence-corrected chi connectivity index (χ4v) is 24.4. The van der Waals surface area contributed by atoms with Gasteiger partial charge >= 0.3 is 47.8 Å². The number of carbonyl (C=O) groups excluding carboxylic acids is 8. The van der Waals surface area contributed by atoms with Gasteiger partial charge in [-0.15, -0.1) is 0 Å². The highest BCUT2D eigenvalue weighted by Gasteiger charge is 2.17. The van der Waals surface area contributed by atoms with E-state index in [1.807, 2.05) is 94.1 Å². The summed E-state index contributed by atoms with van der Waals surface area (Å²) in [5.41, 5.74) is 0. The van der Waals surface area contributed by atoms with E-state index in [0.29, 0.717) is 51.4 Å². The summed E-state index contributed by atoms with van der Waals surface area (Å²) in [5, 5.41) is 0. The third kappa shape index (κ3) is 147. The largest absolute Gasteiger partial charge is 0.428 e. The van der Waals surface area contributed by atoms with Gasteiger partial charge in [0.15, 0.2) is 0 Å². The van der Waals surface area contributed by atoms with Gasteiger partial charge in [0.05, 0.1) is 51.4 Å². The second kappa shape index (κ2) is 141. The zero-order valence-electron chi connectivity index (χ0n) is 99.0. The second-order valence-corrected chi connectivity index (χ2v) is 51.2. The third-order valence-electron chi connectivity index (χ3n) is 26.7. The second-order valence-electron chi connectivity index (χ2n) is 41.4. The number of esters is 8. The minimum atomic E-state index is -0.797. The quantitative estimate of drug-likeness (QED) is 0.0240. The summed E-state index contributed by atoms with van der Waals surface area (Å²) < 4.78 is 40.7. The first kappa shape index (κ1) is 154. The van der Waals surface area contributed by atoms with E-state index < -0.39 is 6.29 Å². The van der Waals surface area contributed by atoms with Crippen LogP contribution in [0, 0.1) is 0 Å². The maximum absolute atomic E-state index is 12.0. The fraction of sp³-hybridized carbons (Fsp3) is 0.936. The lowest BCUT2D eigenvalue weighted by molar-refractivity contribution is -0.184. The standard InChI is InChI=1S/C32H62O4S2.3C31H60O4S2/c1-4-6-8-10-12-14-16-18-20-22-26-37-28-24-31(33)35-30(3)36-32(34)25-29-38-27-23-21-19-17-15-13-11-9-7-5-2;3*1-3-5-7-9-11-13-15-17-19-21-25-36-27-23-30(32)34-29-35-31(33)24-28-37-26-22-20-18-16-14-12-10-8-6-4-2/h30H,4-29H2,1-3H3;3*3-29H2,1-2H3. The van der Waals surface area contributed by atoms with Crippen molar-refractivity contribution in [1.29, 1.82) is 0 Å². The summed E-state index contributed by atoms with van der Waals surface area (Å²) in [6.45, 7) is 19.0. The molecular weight excluding hydrogens is 2010 g/mol. The van der Waals surface area contributed by atoms with Crippen molar-refractivity contribution in [1.82, 2.24) is 0 Å². The summed E-state index contributed by atoms with van der Waals surface area (Å²) in [6, 6.07) is 0. The third-order valence-corrected chi connectivity index (χ3v) is 35.2. The van der Waals surface area contributed by atoms with Crippen molar-refractivity contribution >= 4 is 142 Å². The number of ether oxygens (including phenoxy) is 8. The number of unbranched alkanes of at least 4 members (excludes halogenated alkanes) is 72. The molecule has 0 amide bonds. The molecule has 0 bridgehead atoms. The van der Waals surface area contributed by atoms with Crippen LogP contribution >= 0.6 is 94.1 Å². The Labute approximate surface area is 956 Å². The van der Waals surface area contributed by atoms with Crippen molar-refractivity contribution < 1.29 is 76.3 Å². The number of thioether (sulfide) groups is 8. The average molecular weight is 2260 g/mol. The van der Waals surface area contributed by atoms with E-state index in [1.54, 1.807) is 6.92 Å². The Hall–Kier alpha value is -1.44. The van der Waals surface area contributed by atoms with Crippen LogP contribution in [0.15, 0.2) is 0 Å². The van der Waals surface area contributed by atoms with E-state index >= 15 is 0 Å². The Morgan fingerprint density at radius 1 is 0.134 bits per heavy atom. The topological polar surface area (TPSA) is 210 Å². The fourth-order valence-electron chi connectivity index (χ4n) is 17.0. The molecule has 0 saturated carbocycles. The van der Waals surface area contributed by atoms with E-state index in [-0.39, 0.29) is 68.1 Å². The molecule has 0 aliphatic carbocycles. The van der Waals surface area contributed by atoms with Crippen LogP contribution in [0.3, 0.4) is 0 Å². The lowest BCUT2D eigenvalue weighted by Crippen LogP contribution is -2.22. The normalized spacial score (nSPS) is 11.1. The zero-order chi connectivity index (χ0) is 109. The molecule has 0 spiro atoms. The van der Waals surface area contributed by atoms with Gasteiger partial charge in [0, 0.05) is 52.9 Å². The van der Waals surface area contributed by atoms with Crippen LogP contribution < -0.4 is 0 Å². The maximum Gasteiger partial charge on any atom is 0.309 e. The van der Waals surface area contributed by atoms with Gasteiger partial charge in [0.2, 0.25) is 26.7 Å². The molecule has 0 aromatic rings. The van der Waals surface area contributed by atoms with Crippen LogP contribution in [0.4, 0.5) is 0 Å². The van der Waals surface area contributed by atoms with Crippen molar-refractivity contribution in [2.75, 3.05) is 112 Å². The molecule has 0 aromatic carbocycles. The van der Waals surface area contributed by atoms with E-state index in [4.69, 9.17) is 37.9 Å². The molecule has 16 nitrogen and oxygen atoms in total. The predicted molar refractivity (Wildman–Crippen MR) is 663 cm³/mol. The van der Waals surface area contributed by atoms with Gasteiger partial charge in [0.25, 0.3) is 0 Å². The predicted octanol–water partition coefficient (Wildman–Crippen LogP) is 40.9. The Morgan fingerprint density at radius 2 is 0.228 bits per heavy atom. The summed E-state index contributed by atoms with van der Waals surface area (Å²) >= 11 is 14.5. The molecule has 149 heavy (non-hydrogen) atoms. The van der Waals surface area contributed by atoms with E-state index in [0.717, 1.165) is 92.0 Å². The van der Waals surface area contributed by atoms with Crippen LogP contribution in [0.5, 0.6) is 0 Å². The number of hydrogen-bond acceptors (Lipinski definition) is 24. The highest BCUT2D eigenvalue weighted by atomic mass is 32.2. The highest BCUT2D eigenvalue weighted by molar-refractivity contribution is 8.00. The summed E-state index contributed by atoms with van der Waals surface area (Å²) in [4.78, 5) is 94.7. The van der Waals surface area contributed by atoms with Crippen molar-refractivity contribution in [2.45, 2.75) is 634 Å². The first-order valence-corrected chi connectivity index (χ1v) is 72.4. The minimum Gasteiger partial charge on any atom is -0.428 e. The van der Waals surface area contributed by atoms with Gasteiger partial charge in [-0.2, -0.15) is 94.1 Å². The van der Waals surface area contributed by atoms with Gasteiger partial charge in [-0.25, -0.2) is 0 Å². The first-order chi connectivity index (χ1) is 73.2. The molecule has 0 N–H and O–H groups in total. The van der Waals surface area contributed by atoms with Gasteiger partial charge in [-0.05, 0) is 97.4 Å². The summed E-state index contributed by atoms with van der Waals surface area (Å²) in [5.74, 6) is 12.8. The van der Waals surface area contributed by atoms with Gasteiger partial charge in [-0.1, -0.05) is 518 Å². The SMILES string of the molecule is CCCCCCCCCCCCSCCC(=O)OC(C)OC(=O)CCSCCCCCCCCCCCC.CCCCCCCCCCCCSCCC(=O)OCOC(=O)CCSCCCCCCCCCCCC.CCCCCCCCCCCCSCCC(=O)OCOC(=O)CCSCCCCCCCCCCCC.CCCCCCCCCCCCSCCC(=O)OCOC(=O)CCSCCCCCCCCCCCC. The van der Waals surface area contributed by atoms with Crippen molar-refractivity contribution in [2.24, 2.45) is 0 Å². The van der Waals surface area contributed by atoms with E-state index in [9.17, 15) is 38.4 Å². The highest BCUT2D eigenvalue weighted by Crippen LogP contribution is 2.24. The molecule has 0 unspecified atom stereocenters. The molecule has 0 rings (SSSR count). The molecule has 0 aliphatic heterocycles. The molecule has 886 valence electrons. The lowest BCUT2D eigenvalue weighted by Gasteiger charge is -2.14. The molecular formula is C125H242O16S8. The smallest absolute Gasteiger partial charge is 0.309 e. The van der Waals surface area contributed by atoms with Gasteiger partial charge in [-0.3, -0.25) is 38.4 Å². The molecule has 0 heterocycles. The molecule has 0 aliphatic rings. The van der Waals surface area contributed by atoms with Crippen molar-refractivity contribution in [3.63, 3.8) is 0 Å². The van der Waals surface area contributed by atoms with Crippen LogP contribution in [0.2, 0.25) is 0 Å². The minimum absolute atomic E-state index is 0.246. The molecule has 0 aromatic heterocycles.